The molecule has 0 saturated carbocycles. The summed E-state index contributed by atoms with van der Waals surface area (Å²) in [6.07, 6.45) is 1.52. The van der Waals surface area contributed by atoms with Gasteiger partial charge in [0.25, 0.3) is 0 Å². The minimum Gasteiger partial charge on any atom is -0.342 e. The Morgan fingerprint density at radius 1 is 1.38 bits per heavy atom. The molecule has 80 valence electrons. The van der Waals surface area contributed by atoms with Crippen LogP contribution in [0.1, 0.15) is 11.4 Å². The first kappa shape index (κ1) is 10.3. The van der Waals surface area contributed by atoms with Crippen molar-refractivity contribution in [1.29, 1.82) is 0 Å². The van der Waals surface area contributed by atoms with E-state index in [0.29, 0.717) is 5.69 Å². The van der Waals surface area contributed by atoms with E-state index in [-0.39, 0.29) is 0 Å². The number of aryl methyl sites for hydroxylation is 2. The summed E-state index contributed by atoms with van der Waals surface area (Å²) in [5.41, 5.74) is 3.51. The molecule has 0 aliphatic heterocycles. The second kappa shape index (κ2) is 4.13. The maximum Gasteiger partial charge on any atom is 0.240 e. The number of hydrogen-bond acceptors (Lipinski definition) is 3. The van der Waals surface area contributed by atoms with Crippen LogP contribution in [0.25, 0.3) is 11.4 Å². The summed E-state index contributed by atoms with van der Waals surface area (Å²) < 4.78 is 0. The number of H-pyrrole nitrogens is 1. The lowest BCUT2D eigenvalue weighted by Gasteiger charge is -1.97. The summed E-state index contributed by atoms with van der Waals surface area (Å²) >= 11 is 0. The SMILES string of the molecule is Cc1nc(-c2cccc(N=C=O)c2)[nH]c1C. The molecule has 0 bridgehead atoms. The maximum absolute atomic E-state index is 10.2. The van der Waals surface area contributed by atoms with Crippen LogP contribution in [0, 0.1) is 13.8 Å². The maximum atomic E-state index is 10.2. The predicted octanol–water partition coefficient (Wildman–Crippen LogP) is 2.66. The Kier molecular flexibility index (Phi) is 2.66. The van der Waals surface area contributed by atoms with Crippen molar-refractivity contribution in [3.63, 3.8) is 0 Å². The zero-order valence-electron chi connectivity index (χ0n) is 9.11. The molecule has 1 aromatic heterocycles. The molecular formula is C12H11N3O. The van der Waals surface area contributed by atoms with Gasteiger partial charge < -0.3 is 4.98 Å². The van der Waals surface area contributed by atoms with E-state index < -0.39 is 0 Å². The Hall–Kier alpha value is -2.19. The number of isocyanates is 1. The Morgan fingerprint density at radius 2 is 2.19 bits per heavy atom. The standard InChI is InChI=1S/C12H11N3O/c1-8-9(2)15-12(14-8)10-4-3-5-11(6-10)13-7-16/h3-6H,1-2H3,(H,14,15). The summed E-state index contributed by atoms with van der Waals surface area (Å²) in [5, 5.41) is 0. The molecule has 0 amide bonds. The Bertz CT molecular complexity index is 546. The highest BCUT2D eigenvalue weighted by Crippen LogP contribution is 2.22. The van der Waals surface area contributed by atoms with Gasteiger partial charge in [0.1, 0.15) is 5.82 Å². The average molecular weight is 213 g/mol. The van der Waals surface area contributed by atoms with E-state index in [0.717, 1.165) is 22.8 Å². The van der Waals surface area contributed by atoms with Crippen molar-refractivity contribution < 1.29 is 4.79 Å². The van der Waals surface area contributed by atoms with Gasteiger partial charge in [-0.2, -0.15) is 4.99 Å². The van der Waals surface area contributed by atoms with Crippen LogP contribution in [0.3, 0.4) is 0 Å². The molecule has 1 aromatic carbocycles. The molecular weight excluding hydrogens is 202 g/mol. The lowest BCUT2D eigenvalue weighted by atomic mass is 10.2. The first-order valence-electron chi connectivity index (χ1n) is 4.92. The molecule has 0 radical (unpaired) electrons. The summed E-state index contributed by atoms with van der Waals surface area (Å²) in [6.45, 7) is 3.92. The number of nitrogens with zero attached hydrogens (tertiary/aromatic N) is 2. The normalized spacial score (nSPS) is 9.88. The van der Waals surface area contributed by atoms with Gasteiger partial charge in [-0.15, -0.1) is 0 Å². The van der Waals surface area contributed by atoms with Crippen LogP contribution in [0.15, 0.2) is 29.3 Å². The van der Waals surface area contributed by atoms with E-state index in [9.17, 15) is 4.79 Å². The van der Waals surface area contributed by atoms with Crippen LogP contribution in [-0.2, 0) is 4.79 Å². The van der Waals surface area contributed by atoms with Crippen molar-refractivity contribution in [2.24, 2.45) is 4.99 Å². The van der Waals surface area contributed by atoms with Crippen molar-refractivity contribution in [3.05, 3.63) is 35.7 Å². The molecule has 4 nitrogen and oxygen atoms in total. The van der Waals surface area contributed by atoms with Crippen LogP contribution in [0.2, 0.25) is 0 Å². The number of hydrogen-bond donors (Lipinski definition) is 1. The lowest BCUT2D eigenvalue weighted by molar-refractivity contribution is 0.565. The number of imidazole rings is 1. The fourth-order valence-electron chi connectivity index (χ4n) is 1.46. The highest BCUT2D eigenvalue weighted by molar-refractivity contribution is 5.63. The molecule has 1 heterocycles. The zero-order chi connectivity index (χ0) is 11.5. The Morgan fingerprint density at radius 3 is 2.81 bits per heavy atom. The minimum atomic E-state index is 0.583. The third-order valence-electron chi connectivity index (χ3n) is 2.42. The number of aromatic nitrogens is 2. The summed E-state index contributed by atoms with van der Waals surface area (Å²) in [5.74, 6) is 0.790. The third kappa shape index (κ3) is 1.92. The Balaban J connectivity index is 2.47. The van der Waals surface area contributed by atoms with Gasteiger partial charge in [-0.05, 0) is 26.0 Å². The molecule has 0 aliphatic rings. The van der Waals surface area contributed by atoms with E-state index in [4.69, 9.17) is 0 Å². The van der Waals surface area contributed by atoms with Gasteiger partial charge in [-0.3, -0.25) is 0 Å². The molecule has 16 heavy (non-hydrogen) atoms. The third-order valence-corrected chi connectivity index (χ3v) is 2.42. The second-order valence-electron chi connectivity index (χ2n) is 3.55. The van der Waals surface area contributed by atoms with Gasteiger partial charge in [0, 0.05) is 11.3 Å². The number of carbonyl (C=O) groups excluding carboxylic acids is 1. The highest BCUT2D eigenvalue weighted by Gasteiger charge is 2.05. The van der Waals surface area contributed by atoms with Crippen molar-refractivity contribution >= 4 is 11.8 Å². The van der Waals surface area contributed by atoms with E-state index in [1.54, 1.807) is 12.1 Å². The Labute approximate surface area is 93.1 Å². The topological polar surface area (TPSA) is 58.1 Å². The zero-order valence-corrected chi connectivity index (χ0v) is 9.11. The molecule has 2 aromatic rings. The van der Waals surface area contributed by atoms with Crippen LogP contribution in [-0.4, -0.2) is 16.0 Å². The molecule has 0 spiro atoms. The van der Waals surface area contributed by atoms with Gasteiger partial charge in [0.05, 0.1) is 11.4 Å². The van der Waals surface area contributed by atoms with Crippen LogP contribution >= 0.6 is 0 Å². The number of benzene rings is 1. The van der Waals surface area contributed by atoms with Gasteiger partial charge in [0.15, 0.2) is 0 Å². The first-order valence-corrected chi connectivity index (χ1v) is 4.92. The van der Waals surface area contributed by atoms with Crippen molar-refractivity contribution in [1.82, 2.24) is 9.97 Å². The summed E-state index contributed by atoms with van der Waals surface area (Å²) in [7, 11) is 0. The molecule has 0 aliphatic carbocycles. The molecule has 0 saturated heterocycles. The fraction of sp³-hybridized carbons (Fsp3) is 0.167. The lowest BCUT2D eigenvalue weighted by Crippen LogP contribution is -1.80. The smallest absolute Gasteiger partial charge is 0.240 e. The van der Waals surface area contributed by atoms with Gasteiger partial charge in [-0.1, -0.05) is 12.1 Å². The van der Waals surface area contributed by atoms with Crippen molar-refractivity contribution in [2.75, 3.05) is 0 Å². The van der Waals surface area contributed by atoms with Crippen molar-refractivity contribution in [2.45, 2.75) is 13.8 Å². The quantitative estimate of drug-likeness (QED) is 0.615. The molecule has 0 atom stereocenters. The van der Waals surface area contributed by atoms with Crippen LogP contribution in [0.4, 0.5) is 5.69 Å². The molecule has 4 heteroatoms. The number of aliphatic imine (C=N–C) groups is 1. The predicted molar refractivity (Wildman–Crippen MR) is 61.3 cm³/mol. The van der Waals surface area contributed by atoms with Gasteiger partial charge in [-0.25, -0.2) is 9.78 Å². The van der Waals surface area contributed by atoms with E-state index in [2.05, 4.69) is 15.0 Å². The van der Waals surface area contributed by atoms with Crippen LogP contribution < -0.4 is 0 Å². The molecule has 1 N–H and O–H groups in total. The van der Waals surface area contributed by atoms with E-state index >= 15 is 0 Å². The largest absolute Gasteiger partial charge is 0.342 e. The second-order valence-corrected chi connectivity index (χ2v) is 3.55. The average Bonchev–Trinajstić information content (AvgIpc) is 2.60. The number of nitrogens with one attached hydrogen (secondary N) is 1. The fourth-order valence-corrected chi connectivity index (χ4v) is 1.46. The van der Waals surface area contributed by atoms with E-state index in [1.807, 2.05) is 26.0 Å². The van der Waals surface area contributed by atoms with Crippen LogP contribution in [0.5, 0.6) is 0 Å². The van der Waals surface area contributed by atoms with Gasteiger partial charge in [0.2, 0.25) is 6.08 Å². The van der Waals surface area contributed by atoms with Gasteiger partial charge >= 0.3 is 0 Å². The van der Waals surface area contributed by atoms with E-state index in [1.165, 1.54) is 6.08 Å². The summed E-state index contributed by atoms with van der Waals surface area (Å²) in [4.78, 5) is 21.3. The number of aromatic amines is 1. The molecule has 0 fully saturated rings. The van der Waals surface area contributed by atoms with Crippen molar-refractivity contribution in [3.8, 4) is 11.4 Å². The number of rotatable bonds is 2. The monoisotopic (exact) mass is 213 g/mol. The minimum absolute atomic E-state index is 0.583. The first-order chi connectivity index (χ1) is 7.70. The molecule has 0 unspecified atom stereocenters. The molecule has 2 rings (SSSR count). The summed E-state index contributed by atoms with van der Waals surface area (Å²) in [6, 6.07) is 7.29. The highest BCUT2D eigenvalue weighted by atomic mass is 16.1.